The Balaban J connectivity index is 3.00. The number of nitrogens with one attached hydrogen (secondary N) is 1. The minimum Gasteiger partial charge on any atom is -0.504 e. The standard InChI is InChI=1S/C25H39NO3/c1-6-8-10-14-20-22(26-17-9-7-2)23(27)21(25(29)24(20)28)16-15-19(5)13-11-12-18(3)4/h12,15,26,29H,6-11,13-14,16-17H2,1-5H3/b19-15+. The van der Waals surface area contributed by atoms with Gasteiger partial charge in [-0.3, -0.25) is 9.59 Å². The lowest BCUT2D eigenvalue weighted by atomic mass is 9.87. The molecule has 4 heteroatoms. The van der Waals surface area contributed by atoms with Crippen molar-refractivity contribution in [1.82, 2.24) is 5.32 Å². The fraction of sp³-hybridized carbons (Fsp3) is 0.600. The van der Waals surface area contributed by atoms with Crippen LogP contribution in [-0.4, -0.2) is 23.2 Å². The smallest absolute Gasteiger partial charge is 0.225 e. The molecule has 162 valence electrons. The molecule has 0 aromatic carbocycles. The van der Waals surface area contributed by atoms with Crippen LogP contribution in [-0.2, 0) is 9.59 Å². The van der Waals surface area contributed by atoms with Gasteiger partial charge in [0.1, 0.15) is 0 Å². The van der Waals surface area contributed by atoms with E-state index in [-0.39, 0.29) is 29.3 Å². The molecule has 4 nitrogen and oxygen atoms in total. The van der Waals surface area contributed by atoms with Crippen molar-refractivity contribution in [2.24, 2.45) is 0 Å². The highest BCUT2D eigenvalue weighted by Gasteiger charge is 2.33. The molecule has 0 heterocycles. The first-order chi connectivity index (χ1) is 13.8. The van der Waals surface area contributed by atoms with Gasteiger partial charge in [0.25, 0.3) is 0 Å². The summed E-state index contributed by atoms with van der Waals surface area (Å²) in [5.41, 5.74) is 3.51. The predicted molar refractivity (Wildman–Crippen MR) is 121 cm³/mol. The summed E-state index contributed by atoms with van der Waals surface area (Å²) in [6, 6.07) is 0. The van der Waals surface area contributed by atoms with Gasteiger partial charge in [-0.05, 0) is 59.3 Å². The van der Waals surface area contributed by atoms with E-state index < -0.39 is 0 Å². The number of carbonyl (C=O) groups is 2. The van der Waals surface area contributed by atoms with Crippen molar-refractivity contribution in [1.29, 1.82) is 0 Å². The van der Waals surface area contributed by atoms with Crippen LogP contribution in [0, 0.1) is 0 Å². The van der Waals surface area contributed by atoms with Crippen LogP contribution in [0.1, 0.15) is 92.4 Å². The number of aliphatic hydroxyl groups is 1. The first-order valence-corrected chi connectivity index (χ1v) is 11.1. The molecule has 1 aliphatic rings. The number of unbranched alkanes of at least 4 members (excludes halogenated alkanes) is 3. The SMILES string of the molecule is CCCCCC1=C(NCCCC)C(=O)C(C/C=C(\C)CCC=C(C)C)=C(O)C1=O. The molecule has 2 N–H and O–H groups in total. The first kappa shape index (κ1) is 24.9. The molecule has 0 saturated heterocycles. The number of rotatable bonds is 13. The van der Waals surface area contributed by atoms with E-state index >= 15 is 0 Å². The molecule has 0 radical (unpaired) electrons. The van der Waals surface area contributed by atoms with Gasteiger partial charge in [0.05, 0.1) is 11.3 Å². The van der Waals surface area contributed by atoms with Crippen LogP contribution in [0.2, 0.25) is 0 Å². The van der Waals surface area contributed by atoms with Crippen molar-refractivity contribution < 1.29 is 14.7 Å². The van der Waals surface area contributed by atoms with Crippen LogP contribution in [0.25, 0.3) is 0 Å². The van der Waals surface area contributed by atoms with Crippen molar-refractivity contribution >= 4 is 11.6 Å². The molecule has 0 spiro atoms. The highest BCUT2D eigenvalue weighted by molar-refractivity contribution is 6.24. The van der Waals surface area contributed by atoms with Gasteiger partial charge in [0, 0.05) is 12.1 Å². The van der Waals surface area contributed by atoms with Crippen LogP contribution in [0.4, 0.5) is 0 Å². The Bertz CT molecular complexity index is 704. The average Bonchev–Trinajstić information content (AvgIpc) is 2.67. The maximum Gasteiger partial charge on any atom is 0.225 e. The molecule has 0 amide bonds. The number of allylic oxidation sites excluding steroid dienone is 6. The molecular formula is C25H39NO3. The Morgan fingerprint density at radius 3 is 2.24 bits per heavy atom. The summed E-state index contributed by atoms with van der Waals surface area (Å²) in [6.45, 7) is 11.0. The third-order valence-electron chi connectivity index (χ3n) is 5.19. The molecule has 0 fully saturated rings. The van der Waals surface area contributed by atoms with E-state index in [4.69, 9.17) is 0 Å². The van der Waals surface area contributed by atoms with E-state index in [1.807, 2.05) is 13.0 Å². The van der Waals surface area contributed by atoms with Gasteiger partial charge >= 0.3 is 0 Å². The quantitative estimate of drug-likeness (QED) is 0.217. The normalized spacial score (nSPS) is 15.3. The number of aliphatic hydroxyl groups excluding tert-OH is 1. The first-order valence-electron chi connectivity index (χ1n) is 11.1. The molecule has 29 heavy (non-hydrogen) atoms. The van der Waals surface area contributed by atoms with Crippen LogP contribution >= 0.6 is 0 Å². The van der Waals surface area contributed by atoms with Crippen LogP contribution in [0.15, 0.2) is 45.9 Å². The lowest BCUT2D eigenvalue weighted by Gasteiger charge is -2.22. The summed E-state index contributed by atoms with van der Waals surface area (Å²) in [6.07, 6.45) is 11.6. The summed E-state index contributed by atoms with van der Waals surface area (Å²) in [4.78, 5) is 25.9. The number of Topliss-reactive ketones (excluding diaryl/α,β-unsaturated/α-hetero) is 2. The monoisotopic (exact) mass is 401 g/mol. The largest absolute Gasteiger partial charge is 0.504 e. The third-order valence-corrected chi connectivity index (χ3v) is 5.19. The Morgan fingerprint density at radius 1 is 0.931 bits per heavy atom. The molecule has 0 atom stereocenters. The number of carbonyl (C=O) groups excluding carboxylic acids is 2. The number of hydrogen-bond donors (Lipinski definition) is 2. The zero-order valence-electron chi connectivity index (χ0n) is 19.0. The van der Waals surface area contributed by atoms with Gasteiger partial charge in [-0.15, -0.1) is 0 Å². The Kier molecular flexibility index (Phi) is 11.3. The van der Waals surface area contributed by atoms with E-state index in [0.717, 1.165) is 50.5 Å². The fourth-order valence-corrected chi connectivity index (χ4v) is 3.31. The van der Waals surface area contributed by atoms with Crippen LogP contribution < -0.4 is 5.32 Å². The summed E-state index contributed by atoms with van der Waals surface area (Å²) < 4.78 is 0. The molecular weight excluding hydrogens is 362 g/mol. The lowest BCUT2D eigenvalue weighted by molar-refractivity contribution is -0.118. The van der Waals surface area contributed by atoms with E-state index in [1.54, 1.807) is 0 Å². The molecule has 1 rings (SSSR count). The van der Waals surface area contributed by atoms with Crippen molar-refractivity contribution in [3.63, 3.8) is 0 Å². The molecule has 0 aromatic rings. The van der Waals surface area contributed by atoms with Gasteiger partial charge in [-0.25, -0.2) is 0 Å². The van der Waals surface area contributed by atoms with Gasteiger partial charge in [0.15, 0.2) is 5.76 Å². The Morgan fingerprint density at radius 2 is 1.62 bits per heavy atom. The third kappa shape index (κ3) is 8.04. The fourth-order valence-electron chi connectivity index (χ4n) is 3.31. The summed E-state index contributed by atoms with van der Waals surface area (Å²) in [5, 5.41) is 13.7. The van der Waals surface area contributed by atoms with E-state index in [0.29, 0.717) is 24.2 Å². The van der Waals surface area contributed by atoms with Crippen LogP contribution in [0.5, 0.6) is 0 Å². The zero-order valence-corrected chi connectivity index (χ0v) is 19.0. The second kappa shape index (κ2) is 13.2. The molecule has 0 aromatic heterocycles. The maximum absolute atomic E-state index is 13.1. The molecule has 0 unspecified atom stereocenters. The molecule has 0 saturated carbocycles. The van der Waals surface area contributed by atoms with Crippen LogP contribution in [0.3, 0.4) is 0 Å². The second-order valence-corrected chi connectivity index (χ2v) is 8.15. The minimum atomic E-state index is -0.384. The lowest BCUT2D eigenvalue weighted by Crippen LogP contribution is -2.32. The van der Waals surface area contributed by atoms with Crippen molar-refractivity contribution in [3.05, 3.63) is 45.9 Å². The molecule has 1 aliphatic carbocycles. The predicted octanol–water partition coefficient (Wildman–Crippen LogP) is 6.26. The summed E-state index contributed by atoms with van der Waals surface area (Å²) in [5.74, 6) is -0.973. The Labute approximate surface area is 176 Å². The average molecular weight is 402 g/mol. The minimum absolute atomic E-state index is 0.217. The highest BCUT2D eigenvalue weighted by atomic mass is 16.3. The zero-order chi connectivity index (χ0) is 21.8. The highest BCUT2D eigenvalue weighted by Crippen LogP contribution is 2.28. The Hall–Kier alpha value is -2.10. The maximum atomic E-state index is 13.1. The van der Waals surface area contributed by atoms with E-state index in [9.17, 15) is 14.7 Å². The van der Waals surface area contributed by atoms with Crippen molar-refractivity contribution in [3.8, 4) is 0 Å². The topological polar surface area (TPSA) is 66.4 Å². The van der Waals surface area contributed by atoms with Gasteiger partial charge in [0.2, 0.25) is 11.6 Å². The summed E-state index contributed by atoms with van der Waals surface area (Å²) >= 11 is 0. The van der Waals surface area contributed by atoms with Gasteiger partial charge < -0.3 is 10.4 Å². The molecule has 0 aliphatic heterocycles. The van der Waals surface area contributed by atoms with E-state index in [2.05, 4.69) is 39.1 Å². The van der Waals surface area contributed by atoms with Crippen molar-refractivity contribution in [2.75, 3.05) is 6.54 Å². The van der Waals surface area contributed by atoms with Gasteiger partial charge in [-0.2, -0.15) is 0 Å². The van der Waals surface area contributed by atoms with Gasteiger partial charge in [-0.1, -0.05) is 56.4 Å². The summed E-state index contributed by atoms with van der Waals surface area (Å²) in [7, 11) is 0. The second-order valence-electron chi connectivity index (χ2n) is 8.15. The number of hydrogen-bond acceptors (Lipinski definition) is 4. The number of ketones is 2. The van der Waals surface area contributed by atoms with E-state index in [1.165, 1.54) is 5.57 Å². The molecule has 0 bridgehead atoms. The van der Waals surface area contributed by atoms with Crippen molar-refractivity contribution in [2.45, 2.75) is 92.4 Å².